The molecule has 0 bridgehead atoms. The predicted molar refractivity (Wildman–Crippen MR) is 111 cm³/mol. The van der Waals surface area contributed by atoms with E-state index in [2.05, 4.69) is 24.8 Å². The molecule has 0 spiro atoms. The molecule has 0 aromatic heterocycles. The van der Waals surface area contributed by atoms with Crippen LogP contribution >= 0.6 is 11.6 Å². The van der Waals surface area contributed by atoms with E-state index < -0.39 is 6.10 Å². The third kappa shape index (κ3) is 4.75. The Hall–Kier alpha value is -2.20. The predicted octanol–water partition coefficient (Wildman–Crippen LogP) is 4.46. The molecule has 5 heteroatoms. The molecule has 1 saturated heterocycles. The van der Waals surface area contributed by atoms with E-state index in [1.54, 1.807) is 0 Å². The molecular formula is C22H27ClN2O2. The van der Waals surface area contributed by atoms with Crippen molar-refractivity contribution in [2.75, 3.05) is 31.1 Å². The van der Waals surface area contributed by atoms with E-state index in [0.29, 0.717) is 19.5 Å². The maximum atomic E-state index is 12.9. The molecule has 1 atom stereocenters. The van der Waals surface area contributed by atoms with Crippen LogP contribution in [-0.2, 0) is 4.79 Å². The van der Waals surface area contributed by atoms with E-state index >= 15 is 0 Å². The van der Waals surface area contributed by atoms with Crippen LogP contribution in [0.25, 0.3) is 0 Å². The Kier molecular flexibility index (Phi) is 6.27. The van der Waals surface area contributed by atoms with Gasteiger partial charge in [0.05, 0.1) is 0 Å². The lowest BCUT2D eigenvalue weighted by Crippen LogP contribution is -2.52. The van der Waals surface area contributed by atoms with Crippen molar-refractivity contribution in [1.29, 1.82) is 0 Å². The Balaban J connectivity index is 1.60. The molecule has 1 aliphatic rings. The van der Waals surface area contributed by atoms with E-state index in [4.69, 9.17) is 16.3 Å². The summed E-state index contributed by atoms with van der Waals surface area (Å²) in [4.78, 5) is 17.1. The van der Waals surface area contributed by atoms with Crippen molar-refractivity contribution in [3.8, 4) is 5.75 Å². The van der Waals surface area contributed by atoms with Crippen LogP contribution < -0.4 is 9.64 Å². The molecule has 0 aliphatic carbocycles. The van der Waals surface area contributed by atoms with Gasteiger partial charge in [0, 0.05) is 36.9 Å². The Labute approximate surface area is 166 Å². The molecule has 1 heterocycles. The summed E-state index contributed by atoms with van der Waals surface area (Å²) in [5, 5.41) is 0.735. The van der Waals surface area contributed by atoms with Crippen LogP contribution in [0.15, 0.2) is 42.5 Å². The van der Waals surface area contributed by atoms with Gasteiger partial charge in [-0.3, -0.25) is 4.79 Å². The lowest BCUT2D eigenvalue weighted by Gasteiger charge is -2.37. The number of hydrogen-bond donors (Lipinski definition) is 0. The summed E-state index contributed by atoms with van der Waals surface area (Å²) in [6.45, 7) is 9.10. The van der Waals surface area contributed by atoms with Crippen molar-refractivity contribution >= 4 is 23.2 Å². The van der Waals surface area contributed by atoms with Crippen LogP contribution in [0.3, 0.4) is 0 Å². The van der Waals surface area contributed by atoms with Crippen LogP contribution in [0, 0.1) is 13.8 Å². The second-order valence-electron chi connectivity index (χ2n) is 7.05. The SMILES string of the molecule is CC[C@H](Oc1ccc(C)c(C)c1)C(=O)N1CCN(c2cccc(Cl)c2)CC1. The molecular weight excluding hydrogens is 360 g/mol. The van der Waals surface area contributed by atoms with Gasteiger partial charge in [-0.2, -0.15) is 0 Å². The molecule has 2 aromatic carbocycles. The van der Waals surface area contributed by atoms with Gasteiger partial charge in [0.15, 0.2) is 6.10 Å². The number of amides is 1. The van der Waals surface area contributed by atoms with Gasteiger partial charge >= 0.3 is 0 Å². The number of aryl methyl sites for hydroxylation is 2. The fraction of sp³-hybridized carbons (Fsp3) is 0.409. The average Bonchev–Trinajstić information content (AvgIpc) is 2.68. The highest BCUT2D eigenvalue weighted by Crippen LogP contribution is 2.22. The minimum Gasteiger partial charge on any atom is -0.481 e. The van der Waals surface area contributed by atoms with Crippen molar-refractivity contribution in [3.63, 3.8) is 0 Å². The smallest absolute Gasteiger partial charge is 0.263 e. The Bertz CT molecular complexity index is 801. The number of anilines is 1. The minimum absolute atomic E-state index is 0.0708. The first kappa shape index (κ1) is 19.6. The molecule has 0 N–H and O–H groups in total. The first-order chi connectivity index (χ1) is 13.0. The fourth-order valence-electron chi connectivity index (χ4n) is 3.32. The topological polar surface area (TPSA) is 32.8 Å². The standard InChI is InChI=1S/C22H27ClN2O2/c1-4-21(27-20-9-8-16(2)17(3)14-20)22(26)25-12-10-24(11-13-25)19-7-5-6-18(23)15-19/h5-9,14-15,21H,4,10-13H2,1-3H3/t21-/m0/s1. The lowest BCUT2D eigenvalue weighted by molar-refractivity contribution is -0.139. The monoisotopic (exact) mass is 386 g/mol. The molecule has 27 heavy (non-hydrogen) atoms. The lowest BCUT2D eigenvalue weighted by atomic mass is 10.1. The van der Waals surface area contributed by atoms with E-state index in [9.17, 15) is 4.79 Å². The highest BCUT2D eigenvalue weighted by atomic mass is 35.5. The second kappa shape index (κ2) is 8.66. The zero-order chi connectivity index (χ0) is 19.4. The molecule has 2 aromatic rings. The molecule has 1 amide bonds. The quantitative estimate of drug-likeness (QED) is 0.760. The molecule has 3 rings (SSSR count). The van der Waals surface area contributed by atoms with Gasteiger partial charge in [-0.05, 0) is 61.7 Å². The Morgan fingerprint density at radius 2 is 1.81 bits per heavy atom. The molecule has 0 radical (unpaired) electrons. The first-order valence-corrected chi connectivity index (χ1v) is 9.89. The zero-order valence-electron chi connectivity index (χ0n) is 16.2. The maximum Gasteiger partial charge on any atom is 0.263 e. The van der Waals surface area contributed by atoms with Crippen LogP contribution in [-0.4, -0.2) is 43.1 Å². The summed E-state index contributed by atoms with van der Waals surface area (Å²) < 4.78 is 6.02. The summed E-state index contributed by atoms with van der Waals surface area (Å²) >= 11 is 6.09. The third-order valence-corrected chi connectivity index (χ3v) is 5.40. The fourth-order valence-corrected chi connectivity index (χ4v) is 3.51. The van der Waals surface area contributed by atoms with E-state index in [1.165, 1.54) is 11.1 Å². The summed E-state index contributed by atoms with van der Waals surface area (Å²) in [5.74, 6) is 0.831. The molecule has 0 saturated carbocycles. The highest BCUT2D eigenvalue weighted by molar-refractivity contribution is 6.30. The van der Waals surface area contributed by atoms with Crippen LogP contribution in [0.2, 0.25) is 5.02 Å². The summed E-state index contributed by atoms with van der Waals surface area (Å²) in [5.41, 5.74) is 3.50. The van der Waals surface area contributed by atoms with Crippen LogP contribution in [0.5, 0.6) is 5.75 Å². The average molecular weight is 387 g/mol. The zero-order valence-corrected chi connectivity index (χ0v) is 17.0. The van der Waals surface area contributed by atoms with Gasteiger partial charge in [0.2, 0.25) is 0 Å². The number of benzene rings is 2. The molecule has 144 valence electrons. The normalized spacial score (nSPS) is 15.6. The number of halogens is 1. The van der Waals surface area contributed by atoms with Gasteiger partial charge in [0.25, 0.3) is 5.91 Å². The number of nitrogens with zero attached hydrogens (tertiary/aromatic N) is 2. The summed E-state index contributed by atoms with van der Waals surface area (Å²) in [6, 6.07) is 13.8. The van der Waals surface area contributed by atoms with Gasteiger partial charge in [-0.25, -0.2) is 0 Å². The molecule has 4 nitrogen and oxygen atoms in total. The Morgan fingerprint density at radius 1 is 1.07 bits per heavy atom. The molecule has 0 unspecified atom stereocenters. The van der Waals surface area contributed by atoms with E-state index in [0.717, 1.165) is 29.5 Å². The van der Waals surface area contributed by atoms with Gasteiger partial charge in [-0.1, -0.05) is 30.7 Å². The van der Waals surface area contributed by atoms with Crippen molar-refractivity contribution in [2.24, 2.45) is 0 Å². The number of carbonyl (C=O) groups is 1. The number of hydrogen-bond acceptors (Lipinski definition) is 3. The van der Waals surface area contributed by atoms with Crippen molar-refractivity contribution < 1.29 is 9.53 Å². The Morgan fingerprint density at radius 3 is 2.44 bits per heavy atom. The van der Waals surface area contributed by atoms with Crippen LogP contribution in [0.1, 0.15) is 24.5 Å². The van der Waals surface area contributed by atoms with Crippen molar-refractivity contribution in [1.82, 2.24) is 4.90 Å². The molecule has 1 fully saturated rings. The van der Waals surface area contributed by atoms with Crippen molar-refractivity contribution in [3.05, 3.63) is 58.6 Å². The van der Waals surface area contributed by atoms with Gasteiger partial charge < -0.3 is 14.5 Å². The largest absolute Gasteiger partial charge is 0.481 e. The van der Waals surface area contributed by atoms with Gasteiger partial charge in [0.1, 0.15) is 5.75 Å². The maximum absolute atomic E-state index is 12.9. The second-order valence-corrected chi connectivity index (χ2v) is 7.49. The first-order valence-electron chi connectivity index (χ1n) is 9.51. The summed E-state index contributed by atoms with van der Waals surface area (Å²) in [6.07, 6.45) is 0.213. The van der Waals surface area contributed by atoms with Crippen LogP contribution in [0.4, 0.5) is 5.69 Å². The number of piperazine rings is 1. The third-order valence-electron chi connectivity index (χ3n) is 5.17. The number of carbonyl (C=O) groups excluding carboxylic acids is 1. The summed E-state index contributed by atoms with van der Waals surface area (Å²) in [7, 11) is 0. The number of rotatable bonds is 5. The van der Waals surface area contributed by atoms with Gasteiger partial charge in [-0.15, -0.1) is 0 Å². The van der Waals surface area contributed by atoms with E-state index in [1.807, 2.05) is 48.2 Å². The molecule has 1 aliphatic heterocycles. The van der Waals surface area contributed by atoms with Crippen molar-refractivity contribution in [2.45, 2.75) is 33.3 Å². The minimum atomic E-state index is -0.440. The van der Waals surface area contributed by atoms with E-state index in [-0.39, 0.29) is 5.91 Å². The number of ether oxygens (including phenoxy) is 1. The highest BCUT2D eigenvalue weighted by Gasteiger charge is 2.28.